The summed E-state index contributed by atoms with van der Waals surface area (Å²) >= 11 is 6.74. The summed E-state index contributed by atoms with van der Waals surface area (Å²) in [4.78, 5) is 10.7. The van der Waals surface area contributed by atoms with Gasteiger partial charge in [-0.25, -0.2) is 0 Å². The number of carbonyl (C=O) groups is 1. The smallest absolute Gasteiger partial charge is 0.236 e. The van der Waals surface area contributed by atoms with E-state index < -0.39 is 0 Å². The van der Waals surface area contributed by atoms with E-state index in [0.29, 0.717) is 6.42 Å². The summed E-state index contributed by atoms with van der Waals surface area (Å²) < 4.78 is 1.06. The molecule has 0 aromatic rings. The monoisotopic (exact) mass is 167 g/mol. The number of aliphatic hydroxyl groups excluding tert-OH is 1. The van der Waals surface area contributed by atoms with Gasteiger partial charge in [-0.1, -0.05) is 0 Å². The van der Waals surface area contributed by atoms with E-state index in [2.05, 4.69) is 0 Å². The fourth-order valence-corrected chi connectivity index (χ4v) is 1.76. The number of amides is 1. The highest BCUT2D eigenvalue weighted by Crippen LogP contribution is 2.31. The van der Waals surface area contributed by atoms with Crippen LogP contribution in [0.2, 0.25) is 0 Å². The van der Waals surface area contributed by atoms with Gasteiger partial charge in [0, 0.05) is 0 Å². The van der Waals surface area contributed by atoms with Crippen LogP contribution in [-0.4, -0.2) is 26.8 Å². The van der Waals surface area contributed by atoms with E-state index >= 15 is 0 Å². The van der Waals surface area contributed by atoms with E-state index in [-0.39, 0.29) is 17.3 Å². The molecule has 0 aliphatic carbocycles. The average molecular weight is 168 g/mol. The number of alkyl halides is 1. The summed E-state index contributed by atoms with van der Waals surface area (Å²) in [6.07, 6.45) is 0.326. The van der Waals surface area contributed by atoms with Crippen molar-refractivity contribution in [3.05, 3.63) is 0 Å². The molecule has 1 unspecified atom stereocenters. The highest BCUT2D eigenvalue weighted by Gasteiger charge is 2.28. The molecule has 5 heteroatoms. The Kier molecular flexibility index (Phi) is 2.21. The van der Waals surface area contributed by atoms with Crippen LogP contribution in [-0.2, 0) is 4.79 Å². The van der Waals surface area contributed by atoms with Crippen molar-refractivity contribution in [3.63, 3.8) is 0 Å². The molecule has 0 bridgehead atoms. The van der Waals surface area contributed by atoms with Gasteiger partial charge in [0.25, 0.3) is 0 Å². The van der Waals surface area contributed by atoms with Crippen LogP contribution in [0.1, 0.15) is 6.42 Å². The second-order valence-electron chi connectivity index (χ2n) is 1.63. The molecule has 3 nitrogen and oxygen atoms in total. The molecule has 9 heavy (non-hydrogen) atoms. The first kappa shape index (κ1) is 7.18. The van der Waals surface area contributed by atoms with Gasteiger partial charge in [-0.15, -0.1) is 11.6 Å². The number of aliphatic hydroxyl groups is 1. The van der Waals surface area contributed by atoms with Crippen LogP contribution in [0, 0.1) is 0 Å². The van der Waals surface area contributed by atoms with Gasteiger partial charge in [0.05, 0.1) is 6.42 Å². The van der Waals surface area contributed by atoms with Gasteiger partial charge >= 0.3 is 0 Å². The van der Waals surface area contributed by atoms with E-state index in [1.807, 2.05) is 0 Å². The van der Waals surface area contributed by atoms with Crippen molar-refractivity contribution in [2.45, 2.75) is 11.1 Å². The Balaban J connectivity index is 2.48. The minimum Gasteiger partial charge on any atom is -0.375 e. The van der Waals surface area contributed by atoms with Crippen molar-refractivity contribution < 1.29 is 9.90 Å². The maximum absolute atomic E-state index is 10.7. The standard InChI is InChI=1S/C4H6ClNO2S/c5-3-1-4(8)6(2-7)9-3/h3,7H,1-2H2. The highest BCUT2D eigenvalue weighted by atomic mass is 35.5. The summed E-state index contributed by atoms with van der Waals surface area (Å²) in [5, 5.41) is 8.48. The first-order valence-corrected chi connectivity index (χ1v) is 3.73. The minimum absolute atomic E-state index is 0.0949. The summed E-state index contributed by atoms with van der Waals surface area (Å²) in [6, 6.07) is 0. The molecular formula is C4H6ClNO2S. The Morgan fingerprint density at radius 3 is 2.89 bits per heavy atom. The number of hydrogen-bond acceptors (Lipinski definition) is 3. The topological polar surface area (TPSA) is 40.5 Å². The normalized spacial score (nSPS) is 27.6. The SMILES string of the molecule is O=C1CC(Cl)SN1CO. The Morgan fingerprint density at radius 1 is 2.00 bits per heavy atom. The third-order valence-electron chi connectivity index (χ3n) is 0.983. The minimum atomic E-state index is -0.243. The van der Waals surface area contributed by atoms with E-state index in [0.717, 1.165) is 0 Å². The highest BCUT2D eigenvalue weighted by molar-refractivity contribution is 7.99. The van der Waals surface area contributed by atoms with Crippen LogP contribution < -0.4 is 0 Å². The van der Waals surface area contributed by atoms with E-state index in [1.165, 1.54) is 16.3 Å². The second kappa shape index (κ2) is 2.77. The lowest BCUT2D eigenvalue weighted by atomic mass is 10.5. The summed E-state index contributed by atoms with van der Waals surface area (Å²) in [5.74, 6) is -0.0949. The van der Waals surface area contributed by atoms with Gasteiger partial charge in [-0.3, -0.25) is 9.10 Å². The number of halogens is 1. The molecule has 1 N–H and O–H groups in total. The zero-order valence-electron chi connectivity index (χ0n) is 4.58. The molecule has 0 radical (unpaired) electrons. The first-order valence-electron chi connectivity index (χ1n) is 2.46. The lowest BCUT2D eigenvalue weighted by molar-refractivity contribution is -0.126. The maximum Gasteiger partial charge on any atom is 0.236 e. The van der Waals surface area contributed by atoms with Crippen LogP contribution in [0.5, 0.6) is 0 Å². The van der Waals surface area contributed by atoms with Gasteiger partial charge < -0.3 is 5.11 Å². The third-order valence-corrected chi connectivity index (χ3v) is 2.35. The van der Waals surface area contributed by atoms with Gasteiger partial charge in [0.15, 0.2) is 0 Å². The lowest BCUT2D eigenvalue weighted by Crippen LogP contribution is -2.18. The molecule has 0 spiro atoms. The quantitative estimate of drug-likeness (QED) is 0.454. The van der Waals surface area contributed by atoms with Crippen molar-refractivity contribution in [2.24, 2.45) is 0 Å². The third kappa shape index (κ3) is 1.50. The predicted octanol–water partition coefficient (Wildman–Crippen LogP) is 0.382. The first-order chi connectivity index (χ1) is 4.24. The van der Waals surface area contributed by atoms with Crippen LogP contribution in [0.4, 0.5) is 0 Å². The fourth-order valence-electron chi connectivity index (χ4n) is 0.585. The Hall–Kier alpha value is 0.0700. The predicted molar refractivity (Wildman–Crippen MR) is 35.8 cm³/mol. The Bertz CT molecular complexity index is 132. The van der Waals surface area contributed by atoms with Gasteiger partial charge in [0.1, 0.15) is 11.4 Å². The molecule has 0 aromatic carbocycles. The molecule has 52 valence electrons. The summed E-state index contributed by atoms with van der Waals surface area (Å²) in [7, 11) is 0. The molecule has 1 fully saturated rings. The van der Waals surface area contributed by atoms with E-state index in [4.69, 9.17) is 16.7 Å². The maximum atomic E-state index is 10.7. The van der Waals surface area contributed by atoms with Crippen molar-refractivity contribution in [3.8, 4) is 0 Å². The number of hydrogen-bond donors (Lipinski definition) is 1. The Morgan fingerprint density at radius 2 is 2.67 bits per heavy atom. The van der Waals surface area contributed by atoms with E-state index in [1.54, 1.807) is 0 Å². The van der Waals surface area contributed by atoms with Crippen LogP contribution in [0.15, 0.2) is 0 Å². The zero-order chi connectivity index (χ0) is 6.85. The van der Waals surface area contributed by atoms with Gasteiger partial charge in [-0.2, -0.15) is 0 Å². The molecular weight excluding hydrogens is 162 g/mol. The van der Waals surface area contributed by atoms with Crippen molar-refractivity contribution >= 4 is 29.5 Å². The van der Waals surface area contributed by atoms with E-state index in [9.17, 15) is 4.79 Å². The van der Waals surface area contributed by atoms with Crippen molar-refractivity contribution in [1.82, 2.24) is 4.31 Å². The molecule has 1 aliphatic heterocycles. The zero-order valence-corrected chi connectivity index (χ0v) is 6.15. The van der Waals surface area contributed by atoms with Crippen LogP contribution in [0.25, 0.3) is 0 Å². The molecule has 0 aromatic heterocycles. The average Bonchev–Trinajstić information content (AvgIpc) is 2.10. The fraction of sp³-hybridized carbons (Fsp3) is 0.750. The molecule has 1 heterocycles. The number of nitrogens with zero attached hydrogens (tertiary/aromatic N) is 1. The van der Waals surface area contributed by atoms with Gasteiger partial charge in [-0.05, 0) is 11.9 Å². The summed E-state index contributed by atoms with van der Waals surface area (Å²) in [6.45, 7) is -0.243. The van der Waals surface area contributed by atoms with Crippen molar-refractivity contribution in [2.75, 3.05) is 6.73 Å². The molecule has 1 amide bonds. The van der Waals surface area contributed by atoms with Crippen LogP contribution >= 0.6 is 23.5 Å². The Labute approximate surface area is 62.1 Å². The lowest BCUT2D eigenvalue weighted by Gasteiger charge is -2.07. The second-order valence-corrected chi connectivity index (χ2v) is 3.64. The van der Waals surface area contributed by atoms with Gasteiger partial charge in [0.2, 0.25) is 5.91 Å². The van der Waals surface area contributed by atoms with Crippen molar-refractivity contribution in [1.29, 1.82) is 0 Å². The largest absolute Gasteiger partial charge is 0.375 e. The number of rotatable bonds is 1. The molecule has 1 aliphatic rings. The molecule has 1 rings (SSSR count). The molecule has 0 saturated carbocycles. The molecule has 1 atom stereocenters. The summed E-state index contributed by atoms with van der Waals surface area (Å²) in [5.41, 5.74) is 0. The molecule has 1 saturated heterocycles. The van der Waals surface area contributed by atoms with Crippen LogP contribution in [0.3, 0.4) is 0 Å². The number of carbonyl (C=O) groups excluding carboxylic acids is 1.